The van der Waals surface area contributed by atoms with Crippen molar-refractivity contribution in [3.8, 4) is 0 Å². The molecule has 72 valence electrons. The summed E-state index contributed by atoms with van der Waals surface area (Å²) in [4.78, 5) is 0. The Balaban J connectivity index is 2.82. The quantitative estimate of drug-likeness (QED) is 0.618. The van der Waals surface area contributed by atoms with Crippen molar-refractivity contribution in [3.63, 3.8) is 0 Å². The van der Waals surface area contributed by atoms with Gasteiger partial charge < -0.3 is 10.0 Å². The Morgan fingerprint density at radius 3 is 2.71 bits per heavy atom. The zero-order valence-corrected chi connectivity index (χ0v) is 10.5. The van der Waals surface area contributed by atoms with Gasteiger partial charge in [-0.1, -0.05) is 11.6 Å². The van der Waals surface area contributed by atoms with E-state index in [1.54, 1.807) is 11.3 Å². The lowest BCUT2D eigenvalue weighted by Crippen LogP contribution is -2.30. The first-order valence-electron chi connectivity index (χ1n) is 4.13. The van der Waals surface area contributed by atoms with E-state index >= 15 is 0 Å². The maximum absolute atomic E-state index is 9.22. The Morgan fingerprint density at radius 2 is 2.07 bits per heavy atom. The lowest BCUT2D eigenvalue weighted by atomic mass is 9.79. The Hall–Kier alpha value is -0.105. The second kappa shape index (κ2) is 3.81. The first-order chi connectivity index (χ1) is 6.59. The molecule has 2 rings (SSSR count). The van der Waals surface area contributed by atoms with E-state index in [4.69, 9.17) is 0 Å². The Kier molecular flexibility index (Phi) is 2.83. The van der Waals surface area contributed by atoms with Gasteiger partial charge in [-0.05, 0) is 35.6 Å². The topological polar surface area (TPSA) is 40.5 Å². The molecule has 0 amide bonds. The largest absolute Gasteiger partial charge is 0.489 e. The Bertz CT molecular complexity index is 481. The fourth-order valence-electron chi connectivity index (χ4n) is 1.48. The van der Waals surface area contributed by atoms with Crippen LogP contribution >= 0.6 is 33.9 Å². The number of thiophene rings is 1. The molecule has 1 aromatic heterocycles. The van der Waals surface area contributed by atoms with Gasteiger partial charge in [0.25, 0.3) is 0 Å². The van der Waals surface area contributed by atoms with Crippen LogP contribution in [0.1, 0.15) is 5.56 Å². The highest BCUT2D eigenvalue weighted by molar-refractivity contribution is 14.1. The number of hydrogen-bond acceptors (Lipinski definition) is 3. The van der Waals surface area contributed by atoms with E-state index < -0.39 is 7.12 Å². The summed E-state index contributed by atoms with van der Waals surface area (Å²) in [6.45, 7) is 1.96. The summed E-state index contributed by atoms with van der Waals surface area (Å²) in [7, 11) is -1.38. The van der Waals surface area contributed by atoms with Crippen molar-refractivity contribution in [2.75, 3.05) is 0 Å². The second-order valence-electron chi connectivity index (χ2n) is 3.19. The molecule has 1 heterocycles. The van der Waals surface area contributed by atoms with E-state index in [-0.39, 0.29) is 0 Å². The maximum atomic E-state index is 9.22. The van der Waals surface area contributed by atoms with Crippen LogP contribution < -0.4 is 5.46 Å². The molecule has 0 saturated carbocycles. The molecule has 2 nitrogen and oxygen atoms in total. The van der Waals surface area contributed by atoms with Crippen LogP contribution in [0.4, 0.5) is 0 Å². The molecule has 5 heteroatoms. The third-order valence-corrected chi connectivity index (χ3v) is 4.44. The molecule has 0 aliphatic rings. The number of hydrogen-bond donors (Lipinski definition) is 2. The Labute approximate surface area is 99.9 Å². The molecule has 0 aliphatic carbocycles. The standard InChI is InChI=1S/C9H8BIO2S/c1-5-2-6-8(11)4-14-9(6)7(3-5)10(12)13/h2-4,12-13H,1H3. The van der Waals surface area contributed by atoms with Gasteiger partial charge in [-0.3, -0.25) is 0 Å². The number of aryl methyl sites for hydroxylation is 1. The van der Waals surface area contributed by atoms with Crippen molar-refractivity contribution in [1.82, 2.24) is 0 Å². The summed E-state index contributed by atoms with van der Waals surface area (Å²) in [6, 6.07) is 3.89. The van der Waals surface area contributed by atoms with Crippen molar-refractivity contribution < 1.29 is 10.0 Å². The van der Waals surface area contributed by atoms with Crippen LogP contribution in [0.15, 0.2) is 17.5 Å². The van der Waals surface area contributed by atoms with Crippen LogP contribution in [0.2, 0.25) is 0 Å². The van der Waals surface area contributed by atoms with Crippen molar-refractivity contribution in [2.45, 2.75) is 6.92 Å². The second-order valence-corrected chi connectivity index (χ2v) is 5.23. The molecule has 2 aromatic rings. The summed E-state index contributed by atoms with van der Waals surface area (Å²) >= 11 is 3.81. The molecule has 0 radical (unpaired) electrons. The van der Waals surface area contributed by atoms with Crippen molar-refractivity contribution >= 4 is 56.6 Å². The highest BCUT2D eigenvalue weighted by Gasteiger charge is 2.17. The number of halogens is 1. The van der Waals surface area contributed by atoms with E-state index in [0.717, 1.165) is 19.2 Å². The fraction of sp³-hybridized carbons (Fsp3) is 0.111. The van der Waals surface area contributed by atoms with Crippen LogP contribution in [0.5, 0.6) is 0 Å². The van der Waals surface area contributed by atoms with Crippen LogP contribution in [-0.2, 0) is 0 Å². The molecule has 0 aliphatic heterocycles. The maximum Gasteiger partial charge on any atom is 0.489 e. The predicted molar refractivity (Wildman–Crippen MR) is 69.1 cm³/mol. The average molecular weight is 318 g/mol. The molecule has 1 aromatic carbocycles. The minimum absolute atomic E-state index is 0.605. The van der Waals surface area contributed by atoms with Gasteiger partial charge in [-0.15, -0.1) is 11.3 Å². The zero-order valence-electron chi connectivity index (χ0n) is 7.49. The van der Waals surface area contributed by atoms with Gasteiger partial charge in [0.2, 0.25) is 0 Å². The molecule has 0 saturated heterocycles. The lowest BCUT2D eigenvalue weighted by Gasteiger charge is -2.03. The molecule has 0 bridgehead atoms. The zero-order chi connectivity index (χ0) is 10.3. The summed E-state index contributed by atoms with van der Waals surface area (Å²) in [5, 5.41) is 21.6. The third-order valence-electron chi connectivity index (χ3n) is 2.08. The molecule has 14 heavy (non-hydrogen) atoms. The van der Waals surface area contributed by atoms with E-state index in [1.165, 1.54) is 0 Å². The number of rotatable bonds is 1. The SMILES string of the molecule is Cc1cc(B(O)O)c2scc(I)c2c1. The third kappa shape index (κ3) is 1.69. The number of fused-ring (bicyclic) bond motifs is 1. The van der Waals surface area contributed by atoms with E-state index in [2.05, 4.69) is 28.7 Å². The summed E-state index contributed by atoms with van der Waals surface area (Å²) in [6.07, 6.45) is 0. The Morgan fingerprint density at radius 1 is 1.36 bits per heavy atom. The van der Waals surface area contributed by atoms with Gasteiger partial charge in [0.1, 0.15) is 0 Å². The van der Waals surface area contributed by atoms with Crippen molar-refractivity contribution in [2.24, 2.45) is 0 Å². The van der Waals surface area contributed by atoms with Crippen molar-refractivity contribution in [1.29, 1.82) is 0 Å². The molecule has 0 fully saturated rings. The molecule has 0 atom stereocenters. The normalized spacial score (nSPS) is 10.9. The van der Waals surface area contributed by atoms with Gasteiger partial charge in [0.15, 0.2) is 0 Å². The minimum atomic E-state index is -1.38. The van der Waals surface area contributed by atoms with Gasteiger partial charge in [-0.2, -0.15) is 0 Å². The first-order valence-corrected chi connectivity index (χ1v) is 6.09. The van der Waals surface area contributed by atoms with Crippen LogP contribution in [0, 0.1) is 10.5 Å². The lowest BCUT2D eigenvalue weighted by molar-refractivity contribution is 0.426. The smallest absolute Gasteiger partial charge is 0.423 e. The molecular weight excluding hydrogens is 310 g/mol. The van der Waals surface area contributed by atoms with Gasteiger partial charge in [0.05, 0.1) is 0 Å². The minimum Gasteiger partial charge on any atom is -0.423 e. The van der Waals surface area contributed by atoms with E-state index in [1.807, 2.05) is 18.4 Å². The summed E-state index contributed by atoms with van der Waals surface area (Å²) in [5.41, 5.74) is 1.66. The van der Waals surface area contributed by atoms with E-state index in [0.29, 0.717) is 5.46 Å². The van der Waals surface area contributed by atoms with Crippen LogP contribution in [0.3, 0.4) is 0 Å². The summed E-state index contributed by atoms with van der Waals surface area (Å²) in [5.74, 6) is 0. The molecular formula is C9H8BIO2S. The van der Waals surface area contributed by atoms with Gasteiger partial charge in [-0.25, -0.2) is 0 Å². The van der Waals surface area contributed by atoms with Gasteiger partial charge >= 0.3 is 7.12 Å². The highest BCUT2D eigenvalue weighted by Crippen LogP contribution is 2.26. The monoisotopic (exact) mass is 318 g/mol. The van der Waals surface area contributed by atoms with Gasteiger partial charge in [0, 0.05) is 24.5 Å². The van der Waals surface area contributed by atoms with Crippen molar-refractivity contribution in [3.05, 3.63) is 26.6 Å². The average Bonchev–Trinajstić information content (AvgIpc) is 2.47. The summed E-state index contributed by atoms with van der Waals surface area (Å²) < 4.78 is 2.13. The first kappa shape index (κ1) is 10.4. The van der Waals surface area contributed by atoms with Crippen LogP contribution in [-0.4, -0.2) is 17.2 Å². The highest BCUT2D eigenvalue weighted by atomic mass is 127. The predicted octanol–water partition coefficient (Wildman–Crippen LogP) is 1.49. The van der Waals surface area contributed by atoms with E-state index in [9.17, 15) is 10.0 Å². The number of benzene rings is 1. The molecule has 0 unspecified atom stereocenters. The van der Waals surface area contributed by atoms with Crippen LogP contribution in [0.25, 0.3) is 10.1 Å². The fourth-order valence-corrected chi connectivity index (χ4v) is 3.41. The molecule has 2 N–H and O–H groups in total. The molecule has 0 spiro atoms.